The number of aliphatic hydroxyl groups excluding tert-OH is 1. The third-order valence-electron chi connectivity index (χ3n) is 4.50. The zero-order chi connectivity index (χ0) is 17.1. The fourth-order valence-electron chi connectivity index (χ4n) is 3.25. The first-order valence-corrected chi connectivity index (χ1v) is 8.07. The van der Waals surface area contributed by atoms with Gasteiger partial charge < -0.3 is 20.1 Å². The third-order valence-corrected chi connectivity index (χ3v) is 4.50. The molecule has 5 nitrogen and oxygen atoms in total. The number of fused-ring (bicyclic) bond motifs is 1. The summed E-state index contributed by atoms with van der Waals surface area (Å²) in [5, 5.41) is 13.2. The summed E-state index contributed by atoms with van der Waals surface area (Å²) in [6, 6.07) is 6.15. The van der Waals surface area contributed by atoms with Gasteiger partial charge in [0.1, 0.15) is 11.4 Å². The number of carbonyl (C=O) groups excluding carboxylic acids is 1. The molecule has 1 aliphatic carbocycles. The van der Waals surface area contributed by atoms with E-state index in [-0.39, 0.29) is 29.8 Å². The maximum atomic E-state index is 12.4. The molecule has 0 bridgehead atoms. The highest BCUT2D eigenvalue weighted by molar-refractivity contribution is 5.99. The van der Waals surface area contributed by atoms with Crippen LogP contribution in [-0.4, -0.2) is 35.3 Å². The topological polar surface area (TPSA) is 74.3 Å². The van der Waals surface area contributed by atoms with E-state index in [0.29, 0.717) is 10.9 Å². The number of ether oxygens (including phenoxy) is 1. The van der Waals surface area contributed by atoms with Gasteiger partial charge in [-0.05, 0) is 37.0 Å². The molecule has 0 saturated heterocycles. The predicted octanol–water partition coefficient (Wildman–Crippen LogP) is 3.05. The third kappa shape index (κ3) is 3.67. The Balaban J connectivity index is 1.68. The number of aromatic nitrogens is 1. The predicted molar refractivity (Wildman–Crippen MR) is 85.2 cm³/mol. The Bertz CT molecular complexity index is 711. The smallest absolute Gasteiger partial charge is 0.387 e. The minimum absolute atomic E-state index is 0.0174. The lowest BCUT2D eigenvalue weighted by Gasteiger charge is -2.17. The Morgan fingerprint density at radius 3 is 2.83 bits per heavy atom. The Kier molecular flexibility index (Phi) is 4.99. The number of carbonyl (C=O) groups is 1. The Labute approximate surface area is 138 Å². The van der Waals surface area contributed by atoms with Crippen molar-refractivity contribution in [3.63, 3.8) is 0 Å². The highest BCUT2D eigenvalue weighted by Crippen LogP contribution is 2.28. The van der Waals surface area contributed by atoms with Gasteiger partial charge in [-0.25, -0.2) is 0 Å². The monoisotopic (exact) mass is 338 g/mol. The van der Waals surface area contributed by atoms with E-state index in [1.165, 1.54) is 12.1 Å². The Morgan fingerprint density at radius 1 is 1.38 bits per heavy atom. The van der Waals surface area contributed by atoms with Crippen LogP contribution >= 0.6 is 0 Å². The van der Waals surface area contributed by atoms with E-state index in [2.05, 4.69) is 15.0 Å². The Hall–Kier alpha value is -2.15. The second-order valence-electron chi connectivity index (χ2n) is 6.10. The molecule has 0 radical (unpaired) electrons. The summed E-state index contributed by atoms with van der Waals surface area (Å²) in [6.45, 7) is -2.75. The number of nitrogens with one attached hydrogen (secondary N) is 2. The Morgan fingerprint density at radius 2 is 2.12 bits per heavy atom. The molecule has 1 aromatic heterocycles. The van der Waals surface area contributed by atoms with Crippen molar-refractivity contribution >= 4 is 16.8 Å². The average Bonchev–Trinajstić information content (AvgIpc) is 3.21. The molecule has 1 heterocycles. The summed E-state index contributed by atoms with van der Waals surface area (Å²) in [7, 11) is 0. The van der Waals surface area contributed by atoms with Crippen LogP contribution in [0.4, 0.5) is 8.78 Å². The van der Waals surface area contributed by atoms with Crippen LogP contribution in [0, 0.1) is 5.92 Å². The maximum Gasteiger partial charge on any atom is 0.387 e. The SMILES string of the molecule is O=C(NCC(O)C1CCCC1)c1cc2c(OC(F)F)cccc2[nH]1. The first-order valence-electron chi connectivity index (χ1n) is 8.07. The number of H-pyrrole nitrogens is 1. The summed E-state index contributed by atoms with van der Waals surface area (Å²) in [5.41, 5.74) is 0.781. The van der Waals surface area contributed by atoms with Crippen molar-refractivity contribution < 1.29 is 23.4 Å². The van der Waals surface area contributed by atoms with Crippen molar-refractivity contribution in [2.45, 2.75) is 38.4 Å². The molecule has 1 unspecified atom stereocenters. The van der Waals surface area contributed by atoms with E-state index < -0.39 is 12.7 Å². The molecule has 24 heavy (non-hydrogen) atoms. The molecule has 3 N–H and O–H groups in total. The zero-order valence-corrected chi connectivity index (χ0v) is 13.1. The summed E-state index contributed by atoms with van der Waals surface area (Å²) >= 11 is 0. The van der Waals surface area contributed by atoms with Gasteiger partial charge in [-0.2, -0.15) is 8.78 Å². The molecular weight excluding hydrogens is 318 g/mol. The van der Waals surface area contributed by atoms with Crippen LogP contribution in [-0.2, 0) is 0 Å². The summed E-state index contributed by atoms with van der Waals surface area (Å²) < 4.78 is 29.3. The van der Waals surface area contributed by atoms with Crippen LogP contribution in [0.1, 0.15) is 36.2 Å². The lowest BCUT2D eigenvalue weighted by atomic mass is 10.0. The summed E-state index contributed by atoms with van der Waals surface area (Å²) in [4.78, 5) is 15.1. The lowest BCUT2D eigenvalue weighted by molar-refractivity contribution is -0.0487. The first-order chi connectivity index (χ1) is 11.5. The number of hydrogen-bond acceptors (Lipinski definition) is 3. The van der Waals surface area contributed by atoms with Crippen LogP contribution in [0.5, 0.6) is 5.75 Å². The second kappa shape index (κ2) is 7.17. The number of aliphatic hydroxyl groups is 1. The van der Waals surface area contributed by atoms with Crippen molar-refractivity contribution in [1.82, 2.24) is 10.3 Å². The van der Waals surface area contributed by atoms with Crippen LogP contribution in [0.25, 0.3) is 10.9 Å². The summed E-state index contributed by atoms with van der Waals surface area (Å²) in [5.74, 6) is -0.130. The summed E-state index contributed by atoms with van der Waals surface area (Å²) in [6.07, 6.45) is 3.64. The van der Waals surface area contributed by atoms with Gasteiger partial charge in [0.2, 0.25) is 0 Å². The van der Waals surface area contributed by atoms with Crippen LogP contribution in [0.15, 0.2) is 24.3 Å². The largest absolute Gasteiger partial charge is 0.434 e. The van der Waals surface area contributed by atoms with Crippen molar-refractivity contribution in [1.29, 1.82) is 0 Å². The van der Waals surface area contributed by atoms with Crippen molar-refractivity contribution in [3.8, 4) is 5.75 Å². The maximum absolute atomic E-state index is 12.4. The molecule has 1 amide bonds. The molecule has 1 atom stereocenters. The van der Waals surface area contributed by atoms with E-state index in [1.807, 2.05) is 0 Å². The quantitative estimate of drug-likeness (QED) is 0.758. The van der Waals surface area contributed by atoms with Crippen molar-refractivity contribution in [2.24, 2.45) is 5.92 Å². The van der Waals surface area contributed by atoms with Gasteiger partial charge in [-0.1, -0.05) is 18.9 Å². The molecule has 1 aliphatic rings. The van der Waals surface area contributed by atoms with Gasteiger partial charge in [0.05, 0.1) is 6.10 Å². The number of hydrogen-bond donors (Lipinski definition) is 3. The standard InChI is InChI=1S/C17H20F2N2O3/c18-17(19)24-15-7-3-6-12-11(15)8-13(21-12)16(23)20-9-14(22)10-4-1-2-5-10/h3,6-8,10,14,17,21-22H,1-2,4-5,9H2,(H,20,23). The zero-order valence-electron chi connectivity index (χ0n) is 13.1. The van der Waals surface area contributed by atoms with E-state index >= 15 is 0 Å². The number of amides is 1. The fraction of sp³-hybridized carbons (Fsp3) is 0.471. The molecule has 0 spiro atoms. The van der Waals surface area contributed by atoms with Gasteiger partial charge in [0.15, 0.2) is 0 Å². The normalized spacial score (nSPS) is 16.7. The number of benzene rings is 1. The van der Waals surface area contributed by atoms with Crippen molar-refractivity contribution in [3.05, 3.63) is 30.0 Å². The molecular formula is C17H20F2N2O3. The van der Waals surface area contributed by atoms with E-state index in [0.717, 1.165) is 25.7 Å². The van der Waals surface area contributed by atoms with Gasteiger partial charge in [-0.3, -0.25) is 4.79 Å². The van der Waals surface area contributed by atoms with E-state index in [9.17, 15) is 18.7 Å². The molecule has 2 aromatic rings. The highest BCUT2D eigenvalue weighted by Gasteiger charge is 2.24. The second-order valence-corrected chi connectivity index (χ2v) is 6.10. The molecule has 1 saturated carbocycles. The molecule has 0 aliphatic heterocycles. The number of alkyl halides is 2. The lowest BCUT2D eigenvalue weighted by Crippen LogP contribution is -2.35. The fourth-order valence-corrected chi connectivity index (χ4v) is 3.25. The van der Waals surface area contributed by atoms with Gasteiger partial charge in [0.25, 0.3) is 5.91 Å². The highest BCUT2D eigenvalue weighted by atomic mass is 19.3. The number of rotatable bonds is 6. The van der Waals surface area contributed by atoms with E-state index in [4.69, 9.17) is 0 Å². The molecule has 3 rings (SSSR count). The minimum atomic E-state index is -2.93. The van der Waals surface area contributed by atoms with Crippen molar-refractivity contribution in [2.75, 3.05) is 6.54 Å². The molecule has 7 heteroatoms. The first kappa shape index (κ1) is 16.7. The number of halogens is 2. The van der Waals surface area contributed by atoms with Crippen LogP contribution < -0.4 is 10.1 Å². The van der Waals surface area contributed by atoms with Crippen LogP contribution in [0.3, 0.4) is 0 Å². The number of aromatic amines is 1. The molecule has 1 aromatic carbocycles. The van der Waals surface area contributed by atoms with Gasteiger partial charge in [0, 0.05) is 17.4 Å². The van der Waals surface area contributed by atoms with E-state index in [1.54, 1.807) is 12.1 Å². The van der Waals surface area contributed by atoms with Gasteiger partial charge in [-0.15, -0.1) is 0 Å². The van der Waals surface area contributed by atoms with Crippen LogP contribution in [0.2, 0.25) is 0 Å². The van der Waals surface area contributed by atoms with Gasteiger partial charge >= 0.3 is 6.61 Å². The molecule has 130 valence electrons. The average molecular weight is 338 g/mol. The minimum Gasteiger partial charge on any atom is -0.434 e. The molecule has 1 fully saturated rings.